The van der Waals surface area contributed by atoms with Crippen molar-refractivity contribution in [2.75, 3.05) is 38.2 Å². The van der Waals surface area contributed by atoms with E-state index in [1.807, 2.05) is 60.4 Å². The molecule has 1 amide bonds. The Hall–Kier alpha value is -3.48. The molecule has 0 saturated carbocycles. The number of aromatic nitrogens is 3. The molecule has 1 fully saturated rings. The van der Waals surface area contributed by atoms with Gasteiger partial charge in [-0.15, -0.1) is 10.2 Å². The third-order valence-corrected chi connectivity index (χ3v) is 5.25. The monoisotopic (exact) mass is 403 g/mol. The normalized spacial score (nSPS) is 14.3. The highest BCUT2D eigenvalue weighted by Crippen LogP contribution is 2.28. The van der Waals surface area contributed by atoms with Gasteiger partial charge in [0.25, 0.3) is 5.91 Å². The Morgan fingerprint density at radius 1 is 0.933 bits per heavy atom. The smallest absolute Gasteiger partial charge is 0.272 e. The van der Waals surface area contributed by atoms with Gasteiger partial charge in [-0.1, -0.05) is 18.2 Å². The summed E-state index contributed by atoms with van der Waals surface area (Å²) >= 11 is 0. The van der Waals surface area contributed by atoms with Gasteiger partial charge in [0.15, 0.2) is 5.82 Å². The molecule has 1 aliphatic rings. The number of para-hydroxylation sites is 1. The fourth-order valence-corrected chi connectivity index (χ4v) is 3.67. The zero-order chi connectivity index (χ0) is 20.9. The quantitative estimate of drug-likeness (QED) is 0.666. The van der Waals surface area contributed by atoms with Gasteiger partial charge in [0, 0.05) is 37.4 Å². The molecule has 1 aliphatic heterocycles. The third-order valence-electron chi connectivity index (χ3n) is 5.25. The number of carbonyl (C=O) groups is 1. The molecule has 3 aromatic rings. The fraction of sp³-hybridized carbons (Fsp3) is 0.304. The maximum absolute atomic E-state index is 12.8. The molecular formula is C23H25N5O2. The molecule has 0 atom stereocenters. The maximum atomic E-state index is 12.8. The third kappa shape index (κ3) is 4.25. The first-order valence-electron chi connectivity index (χ1n) is 10.1. The van der Waals surface area contributed by atoms with E-state index in [1.165, 1.54) is 0 Å². The van der Waals surface area contributed by atoms with E-state index in [2.05, 4.69) is 20.1 Å². The van der Waals surface area contributed by atoms with Crippen molar-refractivity contribution in [2.45, 2.75) is 13.3 Å². The second-order valence-corrected chi connectivity index (χ2v) is 7.27. The van der Waals surface area contributed by atoms with Gasteiger partial charge in [0.2, 0.25) is 0 Å². The predicted octanol–water partition coefficient (Wildman–Crippen LogP) is 3.21. The van der Waals surface area contributed by atoms with Gasteiger partial charge in [0.05, 0.1) is 12.8 Å². The number of ether oxygens (including phenoxy) is 1. The zero-order valence-corrected chi connectivity index (χ0v) is 17.3. The largest absolute Gasteiger partial charge is 0.496 e. The Labute approximate surface area is 176 Å². The lowest BCUT2D eigenvalue weighted by molar-refractivity contribution is 0.0761. The van der Waals surface area contributed by atoms with E-state index in [9.17, 15) is 4.79 Å². The van der Waals surface area contributed by atoms with Crippen LogP contribution in [0.5, 0.6) is 5.75 Å². The molecule has 3 heterocycles. The number of carbonyl (C=O) groups excluding carboxylic acids is 1. The van der Waals surface area contributed by atoms with Crippen LogP contribution in [0.4, 0.5) is 5.82 Å². The minimum absolute atomic E-state index is 0.0156. The Balaban J connectivity index is 1.45. The zero-order valence-electron chi connectivity index (χ0n) is 17.3. The molecule has 0 unspecified atom stereocenters. The number of methoxy groups -OCH3 is 1. The summed E-state index contributed by atoms with van der Waals surface area (Å²) in [5, 5.41) is 8.85. The molecule has 0 aliphatic carbocycles. The minimum Gasteiger partial charge on any atom is -0.496 e. The molecule has 1 aromatic carbocycles. The molecule has 4 rings (SSSR count). The van der Waals surface area contributed by atoms with E-state index in [4.69, 9.17) is 4.74 Å². The standard InChI is InChI=1S/C23H25N5O2/c1-17-7-5-9-20(24-17)23(29)28-14-6-13-27(15-16-28)22-12-11-19(25-26-22)18-8-3-4-10-21(18)30-2/h3-5,7-12H,6,13-16H2,1-2H3. The number of anilines is 1. The van der Waals surface area contributed by atoms with Gasteiger partial charge < -0.3 is 14.5 Å². The molecule has 7 heteroatoms. The van der Waals surface area contributed by atoms with Crippen molar-refractivity contribution in [3.63, 3.8) is 0 Å². The fourth-order valence-electron chi connectivity index (χ4n) is 3.67. The summed E-state index contributed by atoms with van der Waals surface area (Å²) in [6, 6.07) is 17.3. The summed E-state index contributed by atoms with van der Waals surface area (Å²) in [4.78, 5) is 21.2. The highest BCUT2D eigenvalue weighted by molar-refractivity contribution is 5.92. The maximum Gasteiger partial charge on any atom is 0.272 e. The van der Waals surface area contributed by atoms with E-state index < -0.39 is 0 Å². The van der Waals surface area contributed by atoms with Gasteiger partial charge in [-0.05, 0) is 49.7 Å². The highest BCUT2D eigenvalue weighted by atomic mass is 16.5. The van der Waals surface area contributed by atoms with Gasteiger partial charge in [-0.25, -0.2) is 4.98 Å². The summed E-state index contributed by atoms with van der Waals surface area (Å²) in [6.07, 6.45) is 0.869. The average Bonchev–Trinajstić information content (AvgIpc) is 3.05. The molecule has 0 N–H and O–H groups in total. The van der Waals surface area contributed by atoms with Crippen molar-refractivity contribution in [3.05, 3.63) is 66.0 Å². The topological polar surface area (TPSA) is 71.5 Å². The molecule has 2 aromatic heterocycles. The van der Waals surface area contributed by atoms with Crippen LogP contribution in [-0.4, -0.2) is 59.3 Å². The van der Waals surface area contributed by atoms with Crippen LogP contribution in [0.2, 0.25) is 0 Å². The van der Waals surface area contributed by atoms with E-state index in [1.54, 1.807) is 13.2 Å². The lowest BCUT2D eigenvalue weighted by atomic mass is 10.1. The Bertz CT molecular complexity index is 1020. The number of hydrogen-bond donors (Lipinski definition) is 0. The van der Waals surface area contributed by atoms with Gasteiger partial charge in [-0.3, -0.25) is 4.79 Å². The van der Waals surface area contributed by atoms with Crippen molar-refractivity contribution in [1.29, 1.82) is 0 Å². The predicted molar refractivity (Wildman–Crippen MR) is 116 cm³/mol. The first-order chi connectivity index (χ1) is 14.7. The van der Waals surface area contributed by atoms with Crippen molar-refractivity contribution in [3.8, 4) is 17.0 Å². The second kappa shape index (κ2) is 8.90. The molecule has 154 valence electrons. The van der Waals surface area contributed by atoms with E-state index in [0.29, 0.717) is 25.3 Å². The lowest BCUT2D eigenvalue weighted by Gasteiger charge is -2.22. The number of benzene rings is 1. The van der Waals surface area contributed by atoms with E-state index in [-0.39, 0.29) is 5.91 Å². The van der Waals surface area contributed by atoms with Crippen molar-refractivity contribution in [2.24, 2.45) is 0 Å². The number of aryl methyl sites for hydroxylation is 1. The Morgan fingerprint density at radius 2 is 1.80 bits per heavy atom. The van der Waals surface area contributed by atoms with E-state index in [0.717, 1.165) is 41.5 Å². The summed E-state index contributed by atoms with van der Waals surface area (Å²) in [5.41, 5.74) is 3.04. The summed E-state index contributed by atoms with van der Waals surface area (Å²) in [7, 11) is 1.65. The highest BCUT2D eigenvalue weighted by Gasteiger charge is 2.22. The second-order valence-electron chi connectivity index (χ2n) is 7.27. The number of pyridine rings is 1. The van der Waals surface area contributed by atoms with Gasteiger partial charge in [0.1, 0.15) is 11.4 Å². The van der Waals surface area contributed by atoms with Crippen molar-refractivity contribution >= 4 is 11.7 Å². The molecule has 7 nitrogen and oxygen atoms in total. The van der Waals surface area contributed by atoms with E-state index >= 15 is 0 Å². The van der Waals surface area contributed by atoms with Gasteiger partial charge >= 0.3 is 0 Å². The molecule has 30 heavy (non-hydrogen) atoms. The van der Waals surface area contributed by atoms with Crippen LogP contribution in [0.25, 0.3) is 11.3 Å². The number of hydrogen-bond acceptors (Lipinski definition) is 6. The molecule has 1 saturated heterocycles. The van der Waals surface area contributed by atoms with Crippen LogP contribution >= 0.6 is 0 Å². The Kier molecular flexibility index (Phi) is 5.88. The Morgan fingerprint density at radius 3 is 2.57 bits per heavy atom. The van der Waals surface area contributed by atoms with Crippen LogP contribution in [0.15, 0.2) is 54.6 Å². The number of rotatable bonds is 4. The summed E-state index contributed by atoms with van der Waals surface area (Å²) in [5.74, 6) is 1.57. The van der Waals surface area contributed by atoms with Crippen molar-refractivity contribution in [1.82, 2.24) is 20.1 Å². The van der Waals surface area contributed by atoms with Crippen LogP contribution in [0, 0.1) is 6.92 Å². The van der Waals surface area contributed by atoms with Gasteiger partial charge in [-0.2, -0.15) is 0 Å². The first-order valence-corrected chi connectivity index (χ1v) is 10.1. The molecule has 0 spiro atoms. The SMILES string of the molecule is COc1ccccc1-c1ccc(N2CCCN(C(=O)c3cccc(C)n3)CC2)nn1. The first kappa shape index (κ1) is 19.8. The van der Waals surface area contributed by atoms with Crippen LogP contribution in [-0.2, 0) is 0 Å². The summed E-state index contributed by atoms with van der Waals surface area (Å²) < 4.78 is 5.42. The van der Waals surface area contributed by atoms with Crippen LogP contribution in [0.1, 0.15) is 22.6 Å². The summed E-state index contributed by atoms with van der Waals surface area (Å²) in [6.45, 7) is 4.77. The molecular weight excluding hydrogens is 378 g/mol. The number of amides is 1. The van der Waals surface area contributed by atoms with Crippen molar-refractivity contribution < 1.29 is 9.53 Å². The number of nitrogens with zero attached hydrogens (tertiary/aromatic N) is 5. The minimum atomic E-state index is -0.0156. The average molecular weight is 403 g/mol. The molecule has 0 bridgehead atoms. The lowest BCUT2D eigenvalue weighted by Crippen LogP contribution is -2.35. The van der Waals surface area contributed by atoms with Crippen LogP contribution < -0.4 is 9.64 Å². The molecule has 0 radical (unpaired) electrons. The van der Waals surface area contributed by atoms with Crippen LogP contribution in [0.3, 0.4) is 0 Å².